The fraction of sp³-hybridized carbons (Fsp3) is 0.348. The molecule has 0 radical (unpaired) electrons. The summed E-state index contributed by atoms with van der Waals surface area (Å²) in [6.45, 7) is 4.09. The maximum atomic E-state index is 12.4. The number of hydrogen-bond donors (Lipinski definition) is 1. The Morgan fingerprint density at radius 1 is 1.10 bits per heavy atom. The SMILES string of the molecule is CCCCCc1ccc(NC(=O)CSc2nnc(C)n2-c2ccccc2OC)cc1. The van der Waals surface area contributed by atoms with E-state index >= 15 is 0 Å². The third-order valence-electron chi connectivity index (χ3n) is 4.76. The third kappa shape index (κ3) is 5.63. The first-order valence-electron chi connectivity index (χ1n) is 10.2. The van der Waals surface area contributed by atoms with Gasteiger partial charge in [0.15, 0.2) is 5.16 Å². The number of aryl methyl sites for hydroxylation is 2. The molecule has 1 heterocycles. The second-order valence-corrected chi connectivity index (χ2v) is 7.97. The quantitative estimate of drug-likeness (QED) is 0.364. The molecule has 158 valence electrons. The van der Waals surface area contributed by atoms with Gasteiger partial charge in [-0.05, 0) is 49.6 Å². The number of unbranched alkanes of at least 4 members (excludes halogenated alkanes) is 2. The van der Waals surface area contributed by atoms with Crippen LogP contribution in [0.4, 0.5) is 5.69 Å². The Hall–Kier alpha value is -2.80. The lowest BCUT2D eigenvalue weighted by Crippen LogP contribution is -2.14. The number of rotatable bonds is 10. The predicted molar refractivity (Wildman–Crippen MR) is 122 cm³/mol. The lowest BCUT2D eigenvalue weighted by Gasteiger charge is -2.12. The Bertz CT molecular complexity index is 970. The van der Waals surface area contributed by atoms with Gasteiger partial charge in [0.1, 0.15) is 11.6 Å². The molecule has 3 aromatic rings. The van der Waals surface area contributed by atoms with Crippen molar-refractivity contribution in [2.75, 3.05) is 18.2 Å². The zero-order valence-corrected chi connectivity index (χ0v) is 18.5. The molecule has 0 bridgehead atoms. The van der Waals surface area contributed by atoms with E-state index in [0.29, 0.717) is 5.16 Å². The highest BCUT2D eigenvalue weighted by Crippen LogP contribution is 2.28. The van der Waals surface area contributed by atoms with E-state index in [2.05, 4.69) is 34.6 Å². The van der Waals surface area contributed by atoms with Crippen LogP contribution in [0.15, 0.2) is 53.7 Å². The van der Waals surface area contributed by atoms with E-state index in [9.17, 15) is 4.79 Å². The van der Waals surface area contributed by atoms with Gasteiger partial charge in [0.2, 0.25) is 5.91 Å². The fourth-order valence-corrected chi connectivity index (χ4v) is 3.98. The molecule has 0 unspecified atom stereocenters. The van der Waals surface area contributed by atoms with Crippen molar-refractivity contribution in [3.05, 3.63) is 59.9 Å². The summed E-state index contributed by atoms with van der Waals surface area (Å²) in [5, 5.41) is 12.0. The van der Waals surface area contributed by atoms with Crippen LogP contribution >= 0.6 is 11.8 Å². The first-order chi connectivity index (χ1) is 14.6. The maximum Gasteiger partial charge on any atom is 0.234 e. The molecule has 2 aromatic carbocycles. The fourth-order valence-electron chi connectivity index (χ4n) is 3.19. The van der Waals surface area contributed by atoms with E-state index in [4.69, 9.17) is 4.74 Å². The number of carbonyl (C=O) groups is 1. The number of nitrogens with zero attached hydrogens (tertiary/aromatic N) is 3. The molecule has 0 aliphatic carbocycles. The predicted octanol–water partition coefficient (Wildman–Crippen LogP) is 5.05. The van der Waals surface area contributed by atoms with Crippen LogP contribution in [-0.4, -0.2) is 33.5 Å². The molecule has 0 saturated carbocycles. The van der Waals surface area contributed by atoms with Crippen LogP contribution in [0.25, 0.3) is 5.69 Å². The topological polar surface area (TPSA) is 69.0 Å². The van der Waals surface area contributed by atoms with Crippen LogP contribution in [0.5, 0.6) is 5.75 Å². The molecule has 0 aliphatic rings. The van der Waals surface area contributed by atoms with E-state index in [1.54, 1.807) is 7.11 Å². The van der Waals surface area contributed by atoms with Gasteiger partial charge in [-0.15, -0.1) is 10.2 Å². The van der Waals surface area contributed by atoms with Crippen LogP contribution in [0.2, 0.25) is 0 Å². The maximum absolute atomic E-state index is 12.4. The molecule has 0 saturated heterocycles. The smallest absolute Gasteiger partial charge is 0.234 e. The van der Waals surface area contributed by atoms with Crippen molar-refractivity contribution >= 4 is 23.4 Å². The van der Waals surface area contributed by atoms with Crippen molar-refractivity contribution in [3.8, 4) is 11.4 Å². The lowest BCUT2D eigenvalue weighted by atomic mass is 10.1. The molecular formula is C23H28N4O2S. The van der Waals surface area contributed by atoms with Gasteiger partial charge in [0.25, 0.3) is 0 Å². The number of carbonyl (C=O) groups excluding carboxylic acids is 1. The van der Waals surface area contributed by atoms with Gasteiger partial charge in [0.05, 0.1) is 18.6 Å². The van der Waals surface area contributed by atoms with Gasteiger partial charge in [-0.1, -0.05) is 55.8 Å². The minimum Gasteiger partial charge on any atom is -0.495 e. The number of methoxy groups -OCH3 is 1. The van der Waals surface area contributed by atoms with Gasteiger partial charge in [-0.2, -0.15) is 0 Å². The first-order valence-corrected chi connectivity index (χ1v) is 11.2. The van der Waals surface area contributed by atoms with Gasteiger partial charge in [-0.25, -0.2) is 0 Å². The number of thioether (sulfide) groups is 1. The van der Waals surface area contributed by atoms with Crippen molar-refractivity contribution in [1.29, 1.82) is 0 Å². The molecule has 0 spiro atoms. The van der Waals surface area contributed by atoms with Gasteiger partial charge < -0.3 is 10.1 Å². The molecule has 30 heavy (non-hydrogen) atoms. The van der Waals surface area contributed by atoms with Crippen LogP contribution in [0.3, 0.4) is 0 Å². The lowest BCUT2D eigenvalue weighted by molar-refractivity contribution is -0.113. The highest BCUT2D eigenvalue weighted by Gasteiger charge is 2.16. The monoisotopic (exact) mass is 424 g/mol. The summed E-state index contributed by atoms with van der Waals surface area (Å²) in [6.07, 6.45) is 4.74. The number of anilines is 1. The molecule has 1 N–H and O–H groups in total. The van der Waals surface area contributed by atoms with Crippen molar-refractivity contribution in [2.24, 2.45) is 0 Å². The van der Waals surface area contributed by atoms with Crippen LogP contribution < -0.4 is 10.1 Å². The average molecular weight is 425 g/mol. The largest absolute Gasteiger partial charge is 0.495 e. The second kappa shape index (κ2) is 10.8. The molecule has 1 aromatic heterocycles. The standard InChI is InChI=1S/C23H28N4O2S/c1-4-5-6-9-18-12-14-19(15-13-18)24-22(28)16-30-23-26-25-17(2)27(23)20-10-7-8-11-21(20)29-3/h7-8,10-15H,4-6,9,16H2,1-3H3,(H,24,28). The minimum absolute atomic E-state index is 0.0778. The molecule has 3 rings (SSSR count). The van der Waals surface area contributed by atoms with Crippen LogP contribution in [0, 0.1) is 6.92 Å². The Morgan fingerprint density at radius 2 is 1.87 bits per heavy atom. The number of benzene rings is 2. The van der Waals surface area contributed by atoms with E-state index in [1.807, 2.05) is 47.9 Å². The van der Waals surface area contributed by atoms with Crippen molar-refractivity contribution in [3.63, 3.8) is 0 Å². The van der Waals surface area contributed by atoms with Crippen LogP contribution in [-0.2, 0) is 11.2 Å². The summed E-state index contributed by atoms with van der Waals surface area (Å²) in [7, 11) is 1.63. The number of amides is 1. The highest BCUT2D eigenvalue weighted by molar-refractivity contribution is 7.99. The van der Waals surface area contributed by atoms with E-state index < -0.39 is 0 Å². The Labute approximate surface area is 182 Å². The zero-order chi connectivity index (χ0) is 21.3. The number of hydrogen-bond acceptors (Lipinski definition) is 5. The Kier molecular flexibility index (Phi) is 7.90. The summed E-state index contributed by atoms with van der Waals surface area (Å²) >= 11 is 1.35. The molecule has 0 atom stereocenters. The average Bonchev–Trinajstić information content (AvgIpc) is 3.13. The number of ether oxygens (including phenoxy) is 1. The molecule has 0 aliphatic heterocycles. The number of para-hydroxylation sites is 2. The number of aromatic nitrogens is 3. The Balaban J connectivity index is 1.60. The molecule has 6 nitrogen and oxygen atoms in total. The third-order valence-corrected chi connectivity index (χ3v) is 5.69. The van der Waals surface area contributed by atoms with Crippen molar-refractivity contribution in [2.45, 2.75) is 44.7 Å². The van der Waals surface area contributed by atoms with E-state index in [1.165, 1.54) is 36.6 Å². The summed E-state index contributed by atoms with van der Waals surface area (Å²) in [6, 6.07) is 15.8. The Morgan fingerprint density at radius 3 is 2.60 bits per heavy atom. The molecule has 7 heteroatoms. The second-order valence-electron chi connectivity index (χ2n) is 7.03. The van der Waals surface area contributed by atoms with Crippen molar-refractivity contribution in [1.82, 2.24) is 14.8 Å². The summed E-state index contributed by atoms with van der Waals surface area (Å²) in [5.41, 5.74) is 2.96. The summed E-state index contributed by atoms with van der Waals surface area (Å²) < 4.78 is 7.36. The van der Waals surface area contributed by atoms with E-state index in [0.717, 1.165) is 29.4 Å². The van der Waals surface area contributed by atoms with E-state index in [-0.39, 0.29) is 11.7 Å². The zero-order valence-electron chi connectivity index (χ0n) is 17.7. The normalized spacial score (nSPS) is 10.8. The summed E-state index contributed by atoms with van der Waals surface area (Å²) in [4.78, 5) is 12.4. The molecular weight excluding hydrogens is 396 g/mol. The van der Waals surface area contributed by atoms with Gasteiger partial charge >= 0.3 is 0 Å². The number of nitrogens with one attached hydrogen (secondary N) is 1. The highest BCUT2D eigenvalue weighted by atomic mass is 32.2. The summed E-state index contributed by atoms with van der Waals surface area (Å²) in [5.74, 6) is 1.63. The molecule has 0 fully saturated rings. The first kappa shape index (κ1) is 21.9. The molecule has 1 amide bonds. The minimum atomic E-state index is -0.0778. The van der Waals surface area contributed by atoms with Crippen LogP contribution in [0.1, 0.15) is 37.6 Å². The van der Waals surface area contributed by atoms with Gasteiger partial charge in [0, 0.05) is 5.69 Å². The van der Waals surface area contributed by atoms with Crippen molar-refractivity contribution < 1.29 is 9.53 Å². The van der Waals surface area contributed by atoms with Gasteiger partial charge in [-0.3, -0.25) is 9.36 Å².